The van der Waals surface area contributed by atoms with E-state index in [0.29, 0.717) is 31.3 Å². The molecule has 2 aromatic carbocycles. The maximum Gasteiger partial charge on any atom is 0.335 e. The third-order valence-electron chi connectivity index (χ3n) is 3.78. The van der Waals surface area contributed by atoms with E-state index in [4.69, 9.17) is 38.4 Å². The lowest BCUT2D eigenvalue weighted by Gasteiger charge is -2.13. The van der Waals surface area contributed by atoms with Gasteiger partial charge in [-0.3, -0.25) is 4.79 Å². The molecule has 0 radical (unpaired) electrons. The Bertz CT molecular complexity index is 989. The van der Waals surface area contributed by atoms with Crippen molar-refractivity contribution in [2.75, 3.05) is 7.11 Å². The molecule has 28 heavy (non-hydrogen) atoms. The average molecular weight is 436 g/mol. The zero-order chi connectivity index (χ0) is 20.3. The van der Waals surface area contributed by atoms with Crippen LogP contribution >= 0.6 is 35.6 Å². The fourth-order valence-electron chi connectivity index (χ4n) is 2.43. The molecule has 3 rings (SSSR count). The van der Waals surface area contributed by atoms with Gasteiger partial charge < -0.3 is 19.9 Å². The first-order chi connectivity index (χ1) is 13.4. The number of methoxy groups -OCH3 is 1. The molecule has 1 saturated heterocycles. The van der Waals surface area contributed by atoms with Gasteiger partial charge in [0.25, 0.3) is 5.91 Å². The molecule has 9 heteroatoms. The summed E-state index contributed by atoms with van der Waals surface area (Å²) in [6.07, 6.45) is 1.67. The first kappa shape index (κ1) is 20.2. The highest BCUT2D eigenvalue weighted by molar-refractivity contribution is 8.26. The number of halogens is 1. The Labute approximate surface area is 175 Å². The molecule has 0 bridgehead atoms. The normalized spacial score (nSPS) is 14.9. The number of rotatable bonds is 6. The molecular weight excluding hydrogens is 422 g/mol. The number of nitrogens with one attached hydrogen (secondary N) is 1. The lowest BCUT2D eigenvalue weighted by molar-refractivity contribution is -0.115. The lowest BCUT2D eigenvalue weighted by atomic mass is 10.1. The quantitative estimate of drug-likeness (QED) is 0.521. The molecule has 1 heterocycles. The number of hydrogen-bond donors (Lipinski definition) is 2. The van der Waals surface area contributed by atoms with Crippen molar-refractivity contribution in [2.24, 2.45) is 0 Å². The molecule has 0 spiro atoms. The van der Waals surface area contributed by atoms with Gasteiger partial charge in [-0.15, -0.1) is 0 Å². The molecule has 144 valence electrons. The second-order valence-corrected chi connectivity index (χ2v) is 7.80. The van der Waals surface area contributed by atoms with Gasteiger partial charge in [0.2, 0.25) is 0 Å². The van der Waals surface area contributed by atoms with E-state index in [1.807, 2.05) is 0 Å². The van der Waals surface area contributed by atoms with E-state index >= 15 is 0 Å². The van der Waals surface area contributed by atoms with E-state index in [2.05, 4.69) is 5.32 Å². The summed E-state index contributed by atoms with van der Waals surface area (Å²) in [7, 11) is 1.49. The third-order valence-corrected chi connectivity index (χ3v) is 5.22. The van der Waals surface area contributed by atoms with Crippen LogP contribution in [0.4, 0.5) is 0 Å². The Morgan fingerprint density at radius 2 is 2.04 bits per heavy atom. The number of thiocarbonyl (C=S) groups is 1. The molecule has 0 saturated carbocycles. The maximum absolute atomic E-state index is 11.8. The SMILES string of the molecule is COc1cc(/C=C2\SC(=S)NC2=O)cc(Cl)c1OCc1ccc(C(=O)O)cc1. The van der Waals surface area contributed by atoms with E-state index < -0.39 is 5.97 Å². The van der Waals surface area contributed by atoms with Gasteiger partial charge in [0.1, 0.15) is 10.9 Å². The van der Waals surface area contributed by atoms with E-state index in [9.17, 15) is 9.59 Å². The first-order valence-corrected chi connectivity index (χ1v) is 9.55. The van der Waals surface area contributed by atoms with Crippen LogP contribution < -0.4 is 14.8 Å². The van der Waals surface area contributed by atoms with Crippen molar-refractivity contribution >= 4 is 57.9 Å². The predicted molar refractivity (Wildman–Crippen MR) is 112 cm³/mol. The Kier molecular flexibility index (Phi) is 6.23. The highest BCUT2D eigenvalue weighted by Gasteiger charge is 2.22. The molecule has 1 fully saturated rings. The molecule has 0 aliphatic carbocycles. The second kappa shape index (κ2) is 8.64. The molecule has 0 atom stereocenters. The zero-order valence-corrected chi connectivity index (χ0v) is 16.9. The number of thioether (sulfide) groups is 1. The minimum Gasteiger partial charge on any atom is -0.493 e. The van der Waals surface area contributed by atoms with Crippen LogP contribution in [-0.4, -0.2) is 28.4 Å². The average Bonchev–Trinajstić information content (AvgIpc) is 2.97. The van der Waals surface area contributed by atoms with Crippen LogP contribution in [0.15, 0.2) is 41.3 Å². The molecule has 1 amide bonds. The van der Waals surface area contributed by atoms with Crippen molar-refractivity contribution in [2.45, 2.75) is 6.61 Å². The largest absolute Gasteiger partial charge is 0.493 e. The van der Waals surface area contributed by atoms with Crippen LogP contribution in [0.5, 0.6) is 11.5 Å². The van der Waals surface area contributed by atoms with Crippen LogP contribution in [0, 0.1) is 0 Å². The van der Waals surface area contributed by atoms with Crippen LogP contribution in [0.1, 0.15) is 21.5 Å². The fourth-order valence-corrected chi connectivity index (χ4v) is 3.75. The number of ether oxygens (including phenoxy) is 2. The van der Waals surface area contributed by atoms with Crippen molar-refractivity contribution in [1.82, 2.24) is 5.32 Å². The highest BCUT2D eigenvalue weighted by Crippen LogP contribution is 2.38. The summed E-state index contributed by atoms with van der Waals surface area (Å²) in [6.45, 7) is 0.183. The van der Waals surface area contributed by atoms with Crippen molar-refractivity contribution in [3.05, 3.63) is 63.0 Å². The number of carbonyl (C=O) groups excluding carboxylic acids is 1. The van der Waals surface area contributed by atoms with Crippen LogP contribution in [0.2, 0.25) is 5.02 Å². The molecular formula is C19H14ClNO5S2. The maximum atomic E-state index is 11.8. The van der Waals surface area contributed by atoms with Gasteiger partial charge >= 0.3 is 5.97 Å². The summed E-state index contributed by atoms with van der Waals surface area (Å²) in [5.74, 6) is -0.479. The standard InChI is InChI=1S/C19H14ClNO5S2/c1-25-14-7-11(8-15-17(22)21-19(27)28-15)6-13(20)16(14)26-9-10-2-4-12(5-3-10)18(23)24/h2-8H,9H2,1H3,(H,23,24)(H,21,22,27)/b15-8-. The van der Waals surface area contributed by atoms with E-state index in [-0.39, 0.29) is 18.1 Å². The topological polar surface area (TPSA) is 84.9 Å². The van der Waals surface area contributed by atoms with Crippen molar-refractivity contribution in [1.29, 1.82) is 0 Å². The second-order valence-electron chi connectivity index (χ2n) is 5.68. The van der Waals surface area contributed by atoms with Crippen LogP contribution in [0.25, 0.3) is 6.08 Å². The van der Waals surface area contributed by atoms with Gasteiger partial charge in [-0.2, -0.15) is 0 Å². The van der Waals surface area contributed by atoms with Gasteiger partial charge in [-0.1, -0.05) is 47.7 Å². The van der Waals surface area contributed by atoms with E-state index in [1.54, 1.807) is 30.3 Å². The Morgan fingerprint density at radius 3 is 2.61 bits per heavy atom. The molecule has 0 unspecified atom stereocenters. The number of benzene rings is 2. The monoisotopic (exact) mass is 435 g/mol. The number of aromatic carboxylic acids is 1. The molecule has 0 aromatic heterocycles. The van der Waals surface area contributed by atoms with Gasteiger partial charge in [-0.25, -0.2) is 4.79 Å². The van der Waals surface area contributed by atoms with Crippen molar-refractivity contribution in [3.8, 4) is 11.5 Å². The molecule has 6 nitrogen and oxygen atoms in total. The minimum atomic E-state index is -0.989. The molecule has 1 aliphatic heterocycles. The van der Waals surface area contributed by atoms with Crippen LogP contribution in [0.3, 0.4) is 0 Å². The van der Waals surface area contributed by atoms with E-state index in [0.717, 1.165) is 5.56 Å². The smallest absolute Gasteiger partial charge is 0.335 e. The van der Waals surface area contributed by atoms with Gasteiger partial charge in [0.05, 0.1) is 22.6 Å². The van der Waals surface area contributed by atoms with Crippen LogP contribution in [-0.2, 0) is 11.4 Å². The number of hydrogen-bond acceptors (Lipinski definition) is 6. The summed E-state index contributed by atoms with van der Waals surface area (Å²) in [4.78, 5) is 23.2. The van der Waals surface area contributed by atoms with Gasteiger partial charge in [0, 0.05) is 0 Å². The minimum absolute atomic E-state index is 0.183. The molecule has 1 aliphatic rings. The first-order valence-electron chi connectivity index (χ1n) is 7.95. The zero-order valence-electron chi connectivity index (χ0n) is 14.5. The molecule has 2 N–H and O–H groups in total. The summed E-state index contributed by atoms with van der Waals surface area (Å²) in [6, 6.07) is 9.71. The number of carbonyl (C=O) groups is 2. The number of carboxylic acids is 1. The summed E-state index contributed by atoms with van der Waals surface area (Å²) < 4.78 is 11.6. The fraction of sp³-hybridized carbons (Fsp3) is 0.105. The van der Waals surface area contributed by atoms with Gasteiger partial charge in [0.15, 0.2) is 11.5 Å². The number of carboxylic acid groups (broad SMARTS) is 1. The Morgan fingerprint density at radius 1 is 1.32 bits per heavy atom. The van der Waals surface area contributed by atoms with Gasteiger partial charge in [-0.05, 0) is 41.5 Å². The molecule has 2 aromatic rings. The summed E-state index contributed by atoms with van der Waals surface area (Å²) in [5.41, 5.74) is 1.65. The third kappa shape index (κ3) is 4.64. The summed E-state index contributed by atoms with van der Waals surface area (Å²) >= 11 is 12.5. The Hall–Kier alpha value is -2.55. The summed E-state index contributed by atoms with van der Waals surface area (Å²) in [5, 5.41) is 11.8. The predicted octanol–water partition coefficient (Wildman–Crippen LogP) is 4.11. The number of amides is 1. The van der Waals surface area contributed by atoms with E-state index in [1.165, 1.54) is 31.0 Å². The van der Waals surface area contributed by atoms with Crippen molar-refractivity contribution < 1.29 is 24.2 Å². The van der Waals surface area contributed by atoms with Crippen molar-refractivity contribution in [3.63, 3.8) is 0 Å². The Balaban J connectivity index is 1.80. The highest BCUT2D eigenvalue weighted by atomic mass is 35.5. The lowest BCUT2D eigenvalue weighted by Crippen LogP contribution is -2.17.